The van der Waals surface area contributed by atoms with Crippen LogP contribution in [0.15, 0.2) is 23.7 Å². The summed E-state index contributed by atoms with van der Waals surface area (Å²) in [6, 6.07) is 3.04. The first-order chi connectivity index (χ1) is 13.0. The Hall–Kier alpha value is -2.81. The van der Waals surface area contributed by atoms with Crippen LogP contribution in [0.2, 0.25) is 0 Å². The number of hydrogen-bond acceptors (Lipinski definition) is 7. The summed E-state index contributed by atoms with van der Waals surface area (Å²) in [6.45, 7) is 0. The standard InChI is InChI=1S/C18H21N3O5S/c1-21-13(22)9-11(17(23)20-18-19-7-8-27-18)14(21)10-5-6-12(24-2)16(26-4)15(10)25-3/h5-8,11,14H,9H2,1-4H3,(H,19,20,23)/t11-,14+/m1/s1. The molecule has 1 aliphatic heterocycles. The van der Waals surface area contributed by atoms with E-state index in [0.717, 1.165) is 0 Å². The van der Waals surface area contributed by atoms with Gasteiger partial charge in [-0.15, -0.1) is 11.3 Å². The van der Waals surface area contributed by atoms with Crippen LogP contribution in [0.5, 0.6) is 17.2 Å². The number of amides is 2. The maximum atomic E-state index is 12.8. The molecule has 1 aromatic carbocycles. The molecular weight excluding hydrogens is 370 g/mol. The Morgan fingerprint density at radius 2 is 1.96 bits per heavy atom. The monoisotopic (exact) mass is 391 g/mol. The highest BCUT2D eigenvalue weighted by atomic mass is 32.1. The largest absolute Gasteiger partial charge is 0.493 e. The molecule has 1 saturated heterocycles. The van der Waals surface area contributed by atoms with Crippen LogP contribution in [-0.2, 0) is 9.59 Å². The number of carbonyl (C=O) groups is 2. The van der Waals surface area contributed by atoms with Gasteiger partial charge in [-0.3, -0.25) is 9.59 Å². The first-order valence-electron chi connectivity index (χ1n) is 8.26. The Morgan fingerprint density at radius 3 is 2.56 bits per heavy atom. The third kappa shape index (κ3) is 3.42. The SMILES string of the molecule is COc1ccc([C@H]2[C@H](C(=O)Nc3nccs3)CC(=O)N2C)c(OC)c1OC. The number of ether oxygens (including phenoxy) is 3. The summed E-state index contributed by atoms with van der Waals surface area (Å²) >= 11 is 1.32. The summed E-state index contributed by atoms with van der Waals surface area (Å²) < 4.78 is 16.3. The van der Waals surface area contributed by atoms with E-state index in [0.29, 0.717) is 27.9 Å². The molecule has 0 unspecified atom stereocenters. The molecule has 2 atom stereocenters. The normalized spacial score (nSPS) is 19.1. The number of nitrogens with one attached hydrogen (secondary N) is 1. The fraction of sp³-hybridized carbons (Fsp3) is 0.389. The molecule has 0 aliphatic carbocycles. The van der Waals surface area contributed by atoms with Crippen LogP contribution in [0.4, 0.5) is 5.13 Å². The van der Waals surface area contributed by atoms with Crippen molar-refractivity contribution in [2.45, 2.75) is 12.5 Å². The van der Waals surface area contributed by atoms with Gasteiger partial charge in [0, 0.05) is 30.6 Å². The molecule has 9 heteroatoms. The molecule has 2 heterocycles. The number of hydrogen-bond donors (Lipinski definition) is 1. The lowest BCUT2D eigenvalue weighted by molar-refractivity contribution is -0.128. The first-order valence-corrected chi connectivity index (χ1v) is 9.14. The van der Waals surface area contributed by atoms with Gasteiger partial charge in [0.1, 0.15) is 0 Å². The third-order valence-corrected chi connectivity index (χ3v) is 5.33. The molecule has 144 valence electrons. The maximum absolute atomic E-state index is 12.8. The minimum atomic E-state index is -0.585. The number of aromatic nitrogens is 1. The molecule has 1 fully saturated rings. The topological polar surface area (TPSA) is 90.0 Å². The Morgan fingerprint density at radius 1 is 1.22 bits per heavy atom. The van der Waals surface area contributed by atoms with Crippen molar-refractivity contribution in [3.63, 3.8) is 0 Å². The van der Waals surface area contributed by atoms with Crippen molar-refractivity contribution in [3.8, 4) is 17.2 Å². The molecule has 0 radical (unpaired) electrons. The van der Waals surface area contributed by atoms with Gasteiger partial charge in [0.2, 0.25) is 17.6 Å². The summed E-state index contributed by atoms with van der Waals surface area (Å²) in [5.74, 6) is 0.410. The van der Waals surface area contributed by atoms with Gasteiger partial charge in [-0.1, -0.05) is 0 Å². The lowest BCUT2D eigenvalue weighted by atomic mass is 9.92. The van der Waals surface area contributed by atoms with Gasteiger partial charge in [-0.25, -0.2) is 4.98 Å². The summed E-state index contributed by atoms with van der Waals surface area (Å²) in [5.41, 5.74) is 0.683. The second-order valence-corrected chi connectivity index (χ2v) is 6.90. The van der Waals surface area contributed by atoms with Gasteiger partial charge in [-0.05, 0) is 12.1 Å². The average molecular weight is 391 g/mol. The van der Waals surface area contributed by atoms with Gasteiger partial charge < -0.3 is 24.4 Å². The Kier molecular flexibility index (Phi) is 5.50. The van der Waals surface area contributed by atoms with Crippen LogP contribution in [-0.4, -0.2) is 50.1 Å². The van der Waals surface area contributed by atoms with Gasteiger partial charge in [0.05, 0.1) is 33.3 Å². The number of nitrogens with zero attached hydrogens (tertiary/aromatic N) is 2. The smallest absolute Gasteiger partial charge is 0.232 e. The number of rotatable bonds is 6. The zero-order chi connectivity index (χ0) is 19.6. The van der Waals surface area contributed by atoms with E-state index in [4.69, 9.17) is 14.2 Å². The summed E-state index contributed by atoms with van der Waals surface area (Å²) in [6.07, 6.45) is 1.72. The second kappa shape index (κ2) is 7.83. The molecule has 0 bridgehead atoms. The van der Waals surface area contributed by atoms with Gasteiger partial charge in [0.15, 0.2) is 16.6 Å². The van der Waals surface area contributed by atoms with Crippen LogP contribution in [0.3, 0.4) is 0 Å². The zero-order valence-electron chi connectivity index (χ0n) is 15.5. The Balaban J connectivity index is 2.01. The summed E-state index contributed by atoms with van der Waals surface area (Å²) in [7, 11) is 6.24. The van der Waals surface area contributed by atoms with Crippen LogP contribution >= 0.6 is 11.3 Å². The fourth-order valence-corrected chi connectivity index (χ4v) is 3.90. The van der Waals surface area contributed by atoms with Crippen LogP contribution in [0.1, 0.15) is 18.0 Å². The van der Waals surface area contributed by atoms with Crippen molar-refractivity contribution in [1.82, 2.24) is 9.88 Å². The number of benzene rings is 1. The number of carbonyl (C=O) groups excluding carboxylic acids is 2. The highest BCUT2D eigenvalue weighted by Crippen LogP contribution is 2.47. The Bertz CT molecular complexity index is 840. The van der Waals surface area contributed by atoms with E-state index in [1.807, 2.05) is 0 Å². The molecule has 2 aromatic rings. The van der Waals surface area contributed by atoms with Crippen molar-refractivity contribution in [2.24, 2.45) is 5.92 Å². The van der Waals surface area contributed by atoms with Gasteiger partial charge in [0.25, 0.3) is 0 Å². The molecule has 1 N–H and O–H groups in total. The van der Waals surface area contributed by atoms with Crippen molar-refractivity contribution in [3.05, 3.63) is 29.3 Å². The van der Waals surface area contributed by atoms with Crippen molar-refractivity contribution < 1.29 is 23.8 Å². The van der Waals surface area contributed by atoms with Crippen molar-refractivity contribution in [2.75, 3.05) is 33.7 Å². The quantitative estimate of drug-likeness (QED) is 0.813. The van der Waals surface area contributed by atoms with Crippen LogP contribution < -0.4 is 19.5 Å². The number of anilines is 1. The number of methoxy groups -OCH3 is 3. The highest BCUT2D eigenvalue weighted by molar-refractivity contribution is 7.13. The minimum Gasteiger partial charge on any atom is -0.493 e. The van der Waals surface area contributed by atoms with E-state index in [2.05, 4.69) is 10.3 Å². The first kappa shape index (κ1) is 19.0. The van der Waals surface area contributed by atoms with Crippen LogP contribution in [0.25, 0.3) is 0 Å². The zero-order valence-corrected chi connectivity index (χ0v) is 16.3. The van der Waals surface area contributed by atoms with E-state index in [9.17, 15) is 9.59 Å². The minimum absolute atomic E-state index is 0.107. The third-order valence-electron chi connectivity index (χ3n) is 4.64. The fourth-order valence-electron chi connectivity index (χ4n) is 3.37. The van der Waals surface area contributed by atoms with Crippen LogP contribution in [0, 0.1) is 5.92 Å². The molecule has 27 heavy (non-hydrogen) atoms. The van der Waals surface area contributed by atoms with Gasteiger partial charge >= 0.3 is 0 Å². The highest BCUT2D eigenvalue weighted by Gasteiger charge is 2.44. The van der Waals surface area contributed by atoms with E-state index >= 15 is 0 Å². The molecule has 3 rings (SSSR count). The van der Waals surface area contributed by atoms with E-state index in [-0.39, 0.29) is 18.2 Å². The molecule has 1 aliphatic rings. The van der Waals surface area contributed by atoms with Gasteiger partial charge in [-0.2, -0.15) is 0 Å². The van der Waals surface area contributed by atoms with Crippen molar-refractivity contribution >= 4 is 28.3 Å². The summed E-state index contributed by atoms with van der Waals surface area (Å²) in [5, 5.41) is 5.06. The molecule has 1 aromatic heterocycles. The number of thiazole rings is 1. The molecule has 0 spiro atoms. The molecule has 2 amide bonds. The lowest BCUT2D eigenvalue weighted by Gasteiger charge is -2.27. The second-order valence-electron chi connectivity index (χ2n) is 6.01. The van der Waals surface area contributed by atoms with Crippen molar-refractivity contribution in [1.29, 1.82) is 0 Å². The van der Waals surface area contributed by atoms with E-state index in [1.54, 1.807) is 35.7 Å². The number of likely N-dealkylation sites (tertiary alicyclic amines) is 1. The predicted octanol–water partition coefficient (Wildman–Crippen LogP) is 2.33. The summed E-state index contributed by atoms with van der Waals surface area (Å²) in [4.78, 5) is 30.9. The lowest BCUT2D eigenvalue weighted by Crippen LogP contribution is -2.30. The Labute approximate surface area is 161 Å². The van der Waals surface area contributed by atoms with E-state index < -0.39 is 12.0 Å². The molecular formula is C18H21N3O5S. The average Bonchev–Trinajstić information content (AvgIpc) is 3.28. The predicted molar refractivity (Wildman–Crippen MR) is 100 cm³/mol. The molecule has 0 saturated carbocycles. The molecule has 8 nitrogen and oxygen atoms in total. The maximum Gasteiger partial charge on any atom is 0.232 e. The van der Waals surface area contributed by atoms with E-state index in [1.165, 1.54) is 32.7 Å².